The Labute approximate surface area is 116 Å². The van der Waals surface area contributed by atoms with E-state index in [9.17, 15) is 0 Å². The second-order valence-electron chi connectivity index (χ2n) is 5.11. The molecule has 2 rings (SSSR count). The van der Waals surface area contributed by atoms with Gasteiger partial charge in [-0.1, -0.05) is 60.2 Å². The fourth-order valence-electron chi connectivity index (χ4n) is 2.14. The van der Waals surface area contributed by atoms with Crippen LogP contribution in [0.5, 0.6) is 0 Å². The molecule has 0 fully saturated rings. The van der Waals surface area contributed by atoms with Crippen molar-refractivity contribution in [3.8, 4) is 0 Å². The Bertz CT molecular complexity index is 473. The second-order valence-corrected chi connectivity index (χ2v) is 5.11. The average Bonchev–Trinajstić information content (AvgIpc) is 2.43. The summed E-state index contributed by atoms with van der Waals surface area (Å²) in [5.41, 5.74) is 3.99. The molecule has 0 bridgehead atoms. The van der Waals surface area contributed by atoms with Gasteiger partial charge in [-0.3, -0.25) is 0 Å². The van der Waals surface area contributed by atoms with Gasteiger partial charge in [-0.05, 0) is 37.8 Å². The molecule has 1 heteroatoms. The minimum Gasteiger partial charge on any atom is -0.378 e. The molecule has 0 amide bonds. The van der Waals surface area contributed by atoms with Gasteiger partial charge in [0.05, 0.1) is 12.7 Å². The fourth-order valence-corrected chi connectivity index (χ4v) is 2.14. The van der Waals surface area contributed by atoms with E-state index in [4.69, 9.17) is 4.74 Å². The molecule has 1 nitrogen and oxygen atoms in total. The summed E-state index contributed by atoms with van der Waals surface area (Å²) < 4.78 is 5.88. The molecular formula is C18H22O. The molecule has 0 saturated carbocycles. The fraction of sp³-hybridized carbons (Fsp3) is 0.333. The van der Waals surface area contributed by atoms with Crippen LogP contribution in [0.15, 0.2) is 54.6 Å². The summed E-state index contributed by atoms with van der Waals surface area (Å²) >= 11 is 0. The van der Waals surface area contributed by atoms with Gasteiger partial charge in [0.2, 0.25) is 0 Å². The second kappa shape index (κ2) is 7.10. The van der Waals surface area contributed by atoms with Gasteiger partial charge in [0.25, 0.3) is 0 Å². The summed E-state index contributed by atoms with van der Waals surface area (Å²) in [6.07, 6.45) is 2.24. The summed E-state index contributed by atoms with van der Waals surface area (Å²) in [4.78, 5) is 0. The van der Waals surface area contributed by atoms with Crippen LogP contribution in [0.3, 0.4) is 0 Å². The van der Waals surface area contributed by atoms with Crippen molar-refractivity contribution in [1.29, 1.82) is 0 Å². The van der Waals surface area contributed by atoms with Crippen molar-refractivity contribution >= 4 is 0 Å². The van der Waals surface area contributed by atoms with Gasteiger partial charge >= 0.3 is 0 Å². The van der Waals surface area contributed by atoms with E-state index in [1.807, 2.05) is 6.07 Å². The molecule has 0 radical (unpaired) electrons. The molecule has 1 atom stereocenters. The monoisotopic (exact) mass is 254 g/mol. The summed E-state index contributed by atoms with van der Waals surface area (Å²) in [6.45, 7) is 5.05. The minimum atomic E-state index is 0.270. The summed E-state index contributed by atoms with van der Waals surface area (Å²) in [5.74, 6) is 0. The van der Waals surface area contributed by atoms with E-state index in [1.165, 1.54) is 16.7 Å². The van der Waals surface area contributed by atoms with Gasteiger partial charge in [-0.2, -0.15) is 0 Å². The zero-order chi connectivity index (χ0) is 13.5. The number of benzene rings is 2. The molecule has 0 N–H and O–H groups in total. The van der Waals surface area contributed by atoms with Crippen molar-refractivity contribution in [3.63, 3.8) is 0 Å². The van der Waals surface area contributed by atoms with E-state index in [1.54, 1.807) is 0 Å². The Morgan fingerprint density at radius 1 is 0.895 bits per heavy atom. The Hall–Kier alpha value is -1.60. The highest BCUT2D eigenvalue weighted by Crippen LogP contribution is 2.08. The van der Waals surface area contributed by atoms with Gasteiger partial charge in [0.15, 0.2) is 0 Å². The van der Waals surface area contributed by atoms with Crippen LogP contribution >= 0.6 is 0 Å². The maximum Gasteiger partial charge on any atom is 0.0587 e. The topological polar surface area (TPSA) is 9.23 Å². The molecule has 0 saturated heterocycles. The zero-order valence-electron chi connectivity index (χ0n) is 11.8. The molecule has 0 aliphatic carbocycles. The van der Waals surface area contributed by atoms with Gasteiger partial charge < -0.3 is 4.74 Å². The Kier molecular flexibility index (Phi) is 5.17. The maximum atomic E-state index is 5.88. The molecule has 0 aliphatic heterocycles. The van der Waals surface area contributed by atoms with E-state index in [0.717, 1.165) is 19.4 Å². The Morgan fingerprint density at radius 3 is 2.26 bits per heavy atom. The first kappa shape index (κ1) is 13.8. The van der Waals surface area contributed by atoms with E-state index >= 15 is 0 Å². The lowest BCUT2D eigenvalue weighted by molar-refractivity contribution is 0.0687. The van der Waals surface area contributed by atoms with Crippen LogP contribution in [0.1, 0.15) is 23.6 Å². The normalized spacial score (nSPS) is 12.3. The molecule has 19 heavy (non-hydrogen) atoms. The predicted octanol–water partition coefficient (Wildman–Crippen LogP) is 4.19. The highest BCUT2D eigenvalue weighted by Gasteiger charge is 2.04. The van der Waals surface area contributed by atoms with E-state index in [-0.39, 0.29) is 6.10 Å². The van der Waals surface area contributed by atoms with Gasteiger partial charge in [0, 0.05) is 0 Å². The first-order valence-electron chi connectivity index (χ1n) is 6.95. The summed E-state index contributed by atoms with van der Waals surface area (Å²) in [5, 5.41) is 0. The lowest BCUT2D eigenvalue weighted by atomic mass is 10.1. The van der Waals surface area contributed by atoms with Crippen molar-refractivity contribution in [2.24, 2.45) is 0 Å². The third-order valence-corrected chi connectivity index (χ3v) is 3.28. The van der Waals surface area contributed by atoms with Crippen LogP contribution in [-0.2, 0) is 17.6 Å². The van der Waals surface area contributed by atoms with Crippen molar-refractivity contribution in [2.45, 2.75) is 32.8 Å². The van der Waals surface area contributed by atoms with Crippen LogP contribution < -0.4 is 0 Å². The van der Waals surface area contributed by atoms with E-state index in [0.29, 0.717) is 0 Å². The van der Waals surface area contributed by atoms with Crippen LogP contribution in [0.4, 0.5) is 0 Å². The van der Waals surface area contributed by atoms with Crippen molar-refractivity contribution in [3.05, 3.63) is 71.3 Å². The quantitative estimate of drug-likeness (QED) is 0.751. The van der Waals surface area contributed by atoms with E-state index in [2.05, 4.69) is 62.4 Å². The highest BCUT2D eigenvalue weighted by molar-refractivity contribution is 5.21. The standard InChI is InChI=1S/C18H22O/c1-15-8-10-18(11-9-15)14-16(2)19-13-12-17-6-4-3-5-7-17/h3-11,16H,12-14H2,1-2H3. The number of rotatable bonds is 6. The number of hydrogen-bond acceptors (Lipinski definition) is 1. The maximum absolute atomic E-state index is 5.88. The molecule has 2 aromatic carbocycles. The first-order chi connectivity index (χ1) is 9.24. The predicted molar refractivity (Wildman–Crippen MR) is 80.4 cm³/mol. The zero-order valence-corrected chi connectivity index (χ0v) is 11.8. The Balaban J connectivity index is 1.73. The van der Waals surface area contributed by atoms with Crippen LogP contribution in [0.2, 0.25) is 0 Å². The molecule has 2 aromatic rings. The van der Waals surface area contributed by atoms with Crippen LogP contribution in [0, 0.1) is 6.92 Å². The molecule has 0 aliphatic rings. The molecule has 0 spiro atoms. The average molecular weight is 254 g/mol. The van der Waals surface area contributed by atoms with Gasteiger partial charge in [-0.25, -0.2) is 0 Å². The van der Waals surface area contributed by atoms with Crippen LogP contribution in [0.25, 0.3) is 0 Å². The smallest absolute Gasteiger partial charge is 0.0587 e. The minimum absolute atomic E-state index is 0.270. The largest absolute Gasteiger partial charge is 0.378 e. The molecule has 1 unspecified atom stereocenters. The van der Waals surface area contributed by atoms with Crippen molar-refractivity contribution in [1.82, 2.24) is 0 Å². The number of hydrogen-bond donors (Lipinski definition) is 0. The number of ether oxygens (including phenoxy) is 1. The molecular weight excluding hydrogens is 232 g/mol. The third kappa shape index (κ3) is 4.88. The van der Waals surface area contributed by atoms with Gasteiger partial charge in [0.1, 0.15) is 0 Å². The highest BCUT2D eigenvalue weighted by atomic mass is 16.5. The van der Waals surface area contributed by atoms with Crippen molar-refractivity contribution in [2.75, 3.05) is 6.61 Å². The molecule has 100 valence electrons. The molecule has 0 aromatic heterocycles. The third-order valence-electron chi connectivity index (χ3n) is 3.28. The van der Waals surface area contributed by atoms with Gasteiger partial charge in [-0.15, -0.1) is 0 Å². The van der Waals surface area contributed by atoms with Crippen molar-refractivity contribution < 1.29 is 4.74 Å². The lowest BCUT2D eigenvalue weighted by Gasteiger charge is -2.13. The number of aryl methyl sites for hydroxylation is 1. The summed E-state index contributed by atoms with van der Waals surface area (Å²) in [7, 11) is 0. The lowest BCUT2D eigenvalue weighted by Crippen LogP contribution is -2.13. The summed E-state index contributed by atoms with van der Waals surface area (Å²) in [6, 6.07) is 19.2. The van der Waals surface area contributed by atoms with Crippen LogP contribution in [-0.4, -0.2) is 12.7 Å². The Morgan fingerprint density at radius 2 is 1.58 bits per heavy atom. The molecule has 0 heterocycles. The first-order valence-corrected chi connectivity index (χ1v) is 6.95. The van der Waals surface area contributed by atoms with E-state index < -0.39 is 0 Å². The SMILES string of the molecule is Cc1ccc(CC(C)OCCc2ccccc2)cc1.